The van der Waals surface area contributed by atoms with Gasteiger partial charge in [0.1, 0.15) is 11.3 Å². The molecular formula is C24H27N3O4. The molecule has 7 heteroatoms. The fourth-order valence-corrected chi connectivity index (χ4v) is 5.00. The van der Waals surface area contributed by atoms with Crippen LogP contribution < -0.4 is 10.9 Å². The summed E-state index contributed by atoms with van der Waals surface area (Å²) < 4.78 is 12.3. The van der Waals surface area contributed by atoms with Crippen molar-refractivity contribution >= 4 is 5.91 Å². The molecule has 1 fully saturated rings. The molecule has 2 aliphatic rings. The van der Waals surface area contributed by atoms with E-state index in [2.05, 4.69) is 10.2 Å². The predicted molar refractivity (Wildman–Crippen MR) is 115 cm³/mol. The molecule has 0 radical (unpaired) electrons. The summed E-state index contributed by atoms with van der Waals surface area (Å²) in [4.78, 5) is 28.2. The third-order valence-electron chi connectivity index (χ3n) is 6.38. The van der Waals surface area contributed by atoms with Crippen LogP contribution in [0.2, 0.25) is 0 Å². The van der Waals surface area contributed by atoms with Crippen molar-refractivity contribution in [2.45, 2.75) is 38.3 Å². The molecule has 162 valence electrons. The zero-order valence-electron chi connectivity index (χ0n) is 17.5. The Balaban J connectivity index is 1.24. The smallest absolute Gasteiger partial charge is 0.263 e. The van der Waals surface area contributed by atoms with Gasteiger partial charge in [-0.2, -0.15) is 0 Å². The number of aryl methyl sites for hydroxylation is 1. The molecule has 1 saturated heterocycles. The molecule has 3 aromatic rings. The number of nitrogens with zero attached hydrogens (tertiary/aromatic N) is 2. The lowest BCUT2D eigenvalue weighted by Crippen LogP contribution is -2.47. The summed E-state index contributed by atoms with van der Waals surface area (Å²) in [6.07, 6.45) is 7.77. The number of amides is 1. The molecular weight excluding hydrogens is 394 g/mol. The van der Waals surface area contributed by atoms with E-state index >= 15 is 0 Å². The van der Waals surface area contributed by atoms with Crippen molar-refractivity contribution < 1.29 is 13.6 Å². The molecule has 0 aromatic carbocycles. The second-order valence-corrected chi connectivity index (χ2v) is 8.65. The molecule has 2 bridgehead atoms. The van der Waals surface area contributed by atoms with E-state index < -0.39 is 0 Å². The maximum absolute atomic E-state index is 13.1. The standard InChI is InChI=1S/C24H27N3O4/c28-23(25-8-1-3-20-4-2-9-31-20)21-5-6-22-19-11-18(14-27(22)24(21)29)13-26(15-19)12-17-7-10-30-16-17/h2,4-7,9-10,16,18-19H,1,3,8,11-15H2,(H,25,28)/t18-,19+/m0/s1. The molecule has 1 amide bonds. The summed E-state index contributed by atoms with van der Waals surface area (Å²) in [5.41, 5.74) is 2.29. The highest BCUT2D eigenvalue weighted by Crippen LogP contribution is 2.35. The van der Waals surface area contributed by atoms with Crippen molar-refractivity contribution in [2.75, 3.05) is 19.6 Å². The molecule has 31 heavy (non-hydrogen) atoms. The number of piperidine rings is 1. The molecule has 5 heterocycles. The number of hydrogen-bond acceptors (Lipinski definition) is 5. The van der Waals surface area contributed by atoms with Gasteiger partial charge in [0.25, 0.3) is 11.5 Å². The highest BCUT2D eigenvalue weighted by atomic mass is 16.3. The Morgan fingerprint density at radius 2 is 2.06 bits per heavy atom. The Morgan fingerprint density at radius 1 is 1.13 bits per heavy atom. The Bertz CT molecular complexity index is 1080. The van der Waals surface area contributed by atoms with Crippen LogP contribution in [0.3, 0.4) is 0 Å². The van der Waals surface area contributed by atoms with Crippen LogP contribution in [0.25, 0.3) is 0 Å². The summed E-state index contributed by atoms with van der Waals surface area (Å²) in [7, 11) is 0. The normalized spacial score (nSPS) is 20.4. The Kier molecular flexibility index (Phi) is 5.51. The van der Waals surface area contributed by atoms with Crippen LogP contribution >= 0.6 is 0 Å². The second kappa shape index (κ2) is 8.59. The molecule has 5 rings (SSSR count). The van der Waals surface area contributed by atoms with Crippen molar-refractivity contribution in [3.8, 4) is 0 Å². The Morgan fingerprint density at radius 3 is 2.87 bits per heavy atom. The SMILES string of the molecule is O=C(NCCCc1ccco1)c1ccc2n(c1=O)C[C@H]1C[C@@H]2CN(Cc2ccoc2)C1. The second-order valence-electron chi connectivity index (χ2n) is 8.65. The van der Waals surface area contributed by atoms with Gasteiger partial charge in [0, 0.05) is 56.3 Å². The van der Waals surface area contributed by atoms with E-state index in [0.717, 1.165) is 50.4 Å². The van der Waals surface area contributed by atoms with Gasteiger partial charge in [-0.15, -0.1) is 0 Å². The molecule has 0 aliphatic carbocycles. The number of likely N-dealkylation sites (tertiary alicyclic amines) is 1. The molecule has 0 saturated carbocycles. The van der Waals surface area contributed by atoms with E-state index in [4.69, 9.17) is 8.83 Å². The van der Waals surface area contributed by atoms with Crippen LogP contribution in [0.1, 0.15) is 46.1 Å². The summed E-state index contributed by atoms with van der Waals surface area (Å²) in [6, 6.07) is 9.45. The van der Waals surface area contributed by atoms with E-state index in [-0.39, 0.29) is 17.0 Å². The summed E-state index contributed by atoms with van der Waals surface area (Å²) in [5.74, 6) is 1.34. The van der Waals surface area contributed by atoms with Gasteiger partial charge in [-0.25, -0.2) is 0 Å². The summed E-state index contributed by atoms with van der Waals surface area (Å²) in [6.45, 7) is 3.92. The van der Waals surface area contributed by atoms with Crippen LogP contribution in [0.5, 0.6) is 0 Å². The zero-order valence-corrected chi connectivity index (χ0v) is 17.5. The minimum atomic E-state index is -0.294. The first kappa shape index (κ1) is 19.9. The van der Waals surface area contributed by atoms with Crippen LogP contribution in [0.15, 0.2) is 62.8 Å². The van der Waals surface area contributed by atoms with Crippen LogP contribution in [-0.2, 0) is 19.5 Å². The number of hydrogen-bond donors (Lipinski definition) is 1. The van der Waals surface area contributed by atoms with Crippen LogP contribution in [-0.4, -0.2) is 35.0 Å². The number of furan rings is 2. The van der Waals surface area contributed by atoms with E-state index in [0.29, 0.717) is 24.9 Å². The molecule has 1 N–H and O–H groups in total. The minimum absolute atomic E-state index is 0.168. The van der Waals surface area contributed by atoms with Gasteiger partial charge in [0.2, 0.25) is 0 Å². The topological polar surface area (TPSA) is 80.6 Å². The lowest BCUT2D eigenvalue weighted by molar-refractivity contribution is 0.0946. The Labute approximate surface area is 180 Å². The third kappa shape index (κ3) is 4.23. The van der Waals surface area contributed by atoms with Crippen molar-refractivity contribution in [3.05, 3.63) is 82.1 Å². The summed E-state index contributed by atoms with van der Waals surface area (Å²) in [5, 5.41) is 2.88. The van der Waals surface area contributed by atoms with Crippen molar-refractivity contribution in [2.24, 2.45) is 5.92 Å². The van der Waals surface area contributed by atoms with Gasteiger partial charge in [-0.1, -0.05) is 0 Å². The van der Waals surface area contributed by atoms with Gasteiger partial charge in [0.15, 0.2) is 0 Å². The maximum Gasteiger partial charge on any atom is 0.263 e. The van der Waals surface area contributed by atoms with Gasteiger partial charge in [-0.3, -0.25) is 14.5 Å². The number of carbonyl (C=O) groups is 1. The molecule has 0 unspecified atom stereocenters. The van der Waals surface area contributed by atoms with Crippen LogP contribution in [0.4, 0.5) is 0 Å². The van der Waals surface area contributed by atoms with Crippen molar-refractivity contribution in [1.29, 1.82) is 0 Å². The number of rotatable bonds is 7. The fraction of sp³-hybridized carbons (Fsp3) is 0.417. The van der Waals surface area contributed by atoms with Gasteiger partial charge in [-0.05, 0) is 49.1 Å². The fourth-order valence-electron chi connectivity index (χ4n) is 5.00. The van der Waals surface area contributed by atoms with Gasteiger partial charge in [0.05, 0.1) is 18.8 Å². The molecule has 2 aliphatic heterocycles. The molecule has 2 atom stereocenters. The van der Waals surface area contributed by atoms with Crippen molar-refractivity contribution in [3.63, 3.8) is 0 Å². The average Bonchev–Trinajstić information content (AvgIpc) is 3.46. The maximum atomic E-state index is 13.1. The first-order chi connectivity index (χ1) is 15.2. The van der Waals surface area contributed by atoms with E-state index in [1.165, 1.54) is 5.56 Å². The number of aromatic nitrogens is 1. The molecule has 0 spiro atoms. The molecule has 3 aromatic heterocycles. The van der Waals surface area contributed by atoms with Gasteiger partial charge >= 0.3 is 0 Å². The highest BCUT2D eigenvalue weighted by molar-refractivity contribution is 5.93. The number of carbonyl (C=O) groups excluding carboxylic acids is 1. The molecule has 7 nitrogen and oxygen atoms in total. The number of fused-ring (bicyclic) bond motifs is 4. The number of pyridine rings is 1. The zero-order chi connectivity index (χ0) is 21.2. The van der Waals surface area contributed by atoms with E-state index in [1.54, 1.807) is 24.9 Å². The van der Waals surface area contributed by atoms with Crippen LogP contribution in [0, 0.1) is 5.92 Å². The first-order valence-corrected chi connectivity index (χ1v) is 10.9. The predicted octanol–water partition coefficient (Wildman–Crippen LogP) is 3.02. The largest absolute Gasteiger partial charge is 0.472 e. The third-order valence-corrected chi connectivity index (χ3v) is 6.38. The lowest BCUT2D eigenvalue weighted by Gasteiger charge is -2.42. The van der Waals surface area contributed by atoms with E-state index in [9.17, 15) is 9.59 Å². The minimum Gasteiger partial charge on any atom is -0.472 e. The first-order valence-electron chi connectivity index (χ1n) is 10.9. The highest BCUT2D eigenvalue weighted by Gasteiger charge is 2.35. The number of nitrogens with one attached hydrogen (secondary N) is 1. The average molecular weight is 421 g/mol. The lowest BCUT2D eigenvalue weighted by atomic mass is 9.83. The van der Waals surface area contributed by atoms with E-state index in [1.807, 2.05) is 28.8 Å². The summed E-state index contributed by atoms with van der Waals surface area (Å²) >= 11 is 0. The Hall–Kier alpha value is -3.06. The quantitative estimate of drug-likeness (QED) is 0.593. The van der Waals surface area contributed by atoms with Gasteiger partial charge < -0.3 is 18.7 Å². The monoisotopic (exact) mass is 421 g/mol. The van der Waals surface area contributed by atoms with Crippen molar-refractivity contribution in [1.82, 2.24) is 14.8 Å².